The predicted octanol–water partition coefficient (Wildman–Crippen LogP) is 7.38. The standard InChI is InChI=1S/C24H29F3N2O/c1-5-29(4)15-28-21-12-17(3)23(13-16(21)2)30-22-11-10-19(18-8-6-7-9-18)14-20(22)24(25,26)27/h10-15,18H,5-9H2,1-4H3. The zero-order valence-electron chi connectivity index (χ0n) is 18.0. The lowest BCUT2D eigenvalue weighted by Gasteiger charge is -2.19. The lowest BCUT2D eigenvalue weighted by molar-refractivity contribution is -0.138. The van der Waals surface area contributed by atoms with Crippen LogP contribution >= 0.6 is 0 Å². The summed E-state index contributed by atoms with van der Waals surface area (Å²) in [5.74, 6) is 0.464. The fourth-order valence-corrected chi connectivity index (χ4v) is 3.76. The summed E-state index contributed by atoms with van der Waals surface area (Å²) in [5.41, 5.74) is 2.39. The normalized spacial score (nSPS) is 15.2. The van der Waals surface area contributed by atoms with E-state index in [1.807, 2.05) is 38.8 Å². The van der Waals surface area contributed by atoms with E-state index in [-0.39, 0.29) is 11.7 Å². The Labute approximate surface area is 176 Å². The van der Waals surface area contributed by atoms with Crippen LogP contribution in [0.15, 0.2) is 35.3 Å². The third-order valence-electron chi connectivity index (χ3n) is 5.74. The van der Waals surface area contributed by atoms with Gasteiger partial charge in [-0.2, -0.15) is 13.2 Å². The SMILES string of the molecule is CCN(C)C=Nc1cc(C)c(Oc2ccc(C3CCCC3)cc2C(F)(F)F)cc1C. The van der Waals surface area contributed by atoms with Crippen LogP contribution in [0.4, 0.5) is 18.9 Å². The number of hydrogen-bond acceptors (Lipinski definition) is 2. The summed E-state index contributed by atoms with van der Waals surface area (Å²) in [6.45, 7) is 6.55. The Morgan fingerprint density at radius 3 is 2.40 bits per heavy atom. The van der Waals surface area contributed by atoms with Gasteiger partial charge in [-0.05, 0) is 80.5 Å². The van der Waals surface area contributed by atoms with Crippen molar-refractivity contribution >= 4 is 12.0 Å². The average Bonchev–Trinajstić information content (AvgIpc) is 3.23. The van der Waals surface area contributed by atoms with Gasteiger partial charge in [0.05, 0.1) is 17.6 Å². The van der Waals surface area contributed by atoms with E-state index in [2.05, 4.69) is 4.99 Å². The lowest BCUT2D eigenvalue weighted by atomic mass is 9.95. The number of aryl methyl sites for hydroxylation is 2. The van der Waals surface area contributed by atoms with Crippen LogP contribution in [-0.2, 0) is 6.18 Å². The van der Waals surface area contributed by atoms with Crippen LogP contribution in [0.3, 0.4) is 0 Å². The van der Waals surface area contributed by atoms with Crippen molar-refractivity contribution in [2.45, 2.75) is 58.5 Å². The monoisotopic (exact) mass is 418 g/mol. The van der Waals surface area contributed by atoms with Gasteiger partial charge in [0.15, 0.2) is 0 Å². The summed E-state index contributed by atoms with van der Waals surface area (Å²) in [6.07, 6.45) is 1.32. The molecule has 2 aromatic carbocycles. The number of nitrogens with zero attached hydrogens (tertiary/aromatic N) is 2. The Balaban J connectivity index is 1.91. The van der Waals surface area contributed by atoms with E-state index in [0.29, 0.717) is 5.75 Å². The van der Waals surface area contributed by atoms with Crippen molar-refractivity contribution in [3.05, 3.63) is 52.6 Å². The molecule has 0 atom stereocenters. The summed E-state index contributed by atoms with van der Waals surface area (Å²) < 4.78 is 47.1. The van der Waals surface area contributed by atoms with E-state index in [9.17, 15) is 13.2 Å². The van der Waals surface area contributed by atoms with Crippen LogP contribution in [0.25, 0.3) is 0 Å². The quantitative estimate of drug-likeness (QED) is 0.361. The number of alkyl halides is 3. The molecule has 3 rings (SSSR count). The van der Waals surface area contributed by atoms with Gasteiger partial charge < -0.3 is 9.64 Å². The smallest absolute Gasteiger partial charge is 0.419 e. The molecule has 0 bridgehead atoms. The van der Waals surface area contributed by atoms with E-state index >= 15 is 0 Å². The molecule has 1 fully saturated rings. The van der Waals surface area contributed by atoms with Crippen molar-refractivity contribution in [2.24, 2.45) is 4.99 Å². The minimum atomic E-state index is -4.47. The first-order valence-electron chi connectivity index (χ1n) is 10.4. The van der Waals surface area contributed by atoms with Crippen molar-refractivity contribution in [1.82, 2.24) is 4.90 Å². The molecule has 0 unspecified atom stereocenters. The Kier molecular flexibility index (Phi) is 6.74. The first kappa shape index (κ1) is 22.2. The Hall–Kier alpha value is -2.50. The first-order valence-corrected chi connectivity index (χ1v) is 10.4. The van der Waals surface area contributed by atoms with Gasteiger partial charge >= 0.3 is 6.18 Å². The van der Waals surface area contributed by atoms with E-state index in [4.69, 9.17) is 4.74 Å². The molecule has 0 radical (unpaired) electrons. The molecule has 1 aliphatic rings. The molecule has 0 amide bonds. The molecule has 30 heavy (non-hydrogen) atoms. The first-order chi connectivity index (χ1) is 14.2. The molecule has 0 saturated heterocycles. The number of ether oxygens (including phenoxy) is 1. The maximum Gasteiger partial charge on any atom is 0.419 e. The molecule has 0 spiro atoms. The van der Waals surface area contributed by atoms with Crippen molar-refractivity contribution in [3.8, 4) is 11.5 Å². The van der Waals surface area contributed by atoms with Gasteiger partial charge in [-0.25, -0.2) is 4.99 Å². The van der Waals surface area contributed by atoms with Crippen LogP contribution in [0.1, 0.15) is 60.8 Å². The largest absolute Gasteiger partial charge is 0.456 e. The molecule has 0 aromatic heterocycles. The number of hydrogen-bond donors (Lipinski definition) is 0. The van der Waals surface area contributed by atoms with Crippen molar-refractivity contribution in [3.63, 3.8) is 0 Å². The number of rotatable bonds is 6. The maximum atomic E-state index is 13.8. The molecule has 2 aromatic rings. The van der Waals surface area contributed by atoms with E-state index in [0.717, 1.165) is 54.6 Å². The summed E-state index contributed by atoms with van der Waals surface area (Å²) in [5, 5.41) is 0. The van der Waals surface area contributed by atoms with Gasteiger partial charge in [-0.1, -0.05) is 18.9 Å². The van der Waals surface area contributed by atoms with Gasteiger partial charge in [0.25, 0.3) is 0 Å². The summed E-state index contributed by atoms with van der Waals surface area (Å²) >= 11 is 0. The molecule has 1 saturated carbocycles. The van der Waals surface area contributed by atoms with E-state index in [1.54, 1.807) is 18.5 Å². The van der Waals surface area contributed by atoms with Gasteiger partial charge in [0.2, 0.25) is 0 Å². The molecule has 0 N–H and O–H groups in total. The minimum Gasteiger partial charge on any atom is -0.456 e. The van der Waals surface area contributed by atoms with Gasteiger partial charge in [0.1, 0.15) is 11.5 Å². The highest BCUT2D eigenvalue weighted by atomic mass is 19.4. The van der Waals surface area contributed by atoms with Crippen LogP contribution in [0.2, 0.25) is 0 Å². The Bertz CT molecular complexity index is 915. The summed E-state index contributed by atoms with van der Waals surface area (Å²) in [6, 6.07) is 8.10. The van der Waals surface area contributed by atoms with Gasteiger partial charge in [0, 0.05) is 13.6 Å². The zero-order chi connectivity index (χ0) is 21.9. The fourth-order valence-electron chi connectivity index (χ4n) is 3.76. The third-order valence-corrected chi connectivity index (χ3v) is 5.74. The van der Waals surface area contributed by atoms with Gasteiger partial charge in [-0.3, -0.25) is 0 Å². The molecule has 162 valence electrons. The summed E-state index contributed by atoms with van der Waals surface area (Å²) in [7, 11) is 1.93. The minimum absolute atomic E-state index is 0.159. The molecular weight excluding hydrogens is 389 g/mol. The molecule has 0 aliphatic heterocycles. The molecule has 3 nitrogen and oxygen atoms in total. The predicted molar refractivity (Wildman–Crippen MR) is 115 cm³/mol. The van der Waals surface area contributed by atoms with Crippen LogP contribution < -0.4 is 4.74 Å². The highest BCUT2D eigenvalue weighted by Crippen LogP contribution is 2.43. The molecule has 0 heterocycles. The highest BCUT2D eigenvalue weighted by molar-refractivity contribution is 5.64. The van der Waals surface area contributed by atoms with Crippen molar-refractivity contribution < 1.29 is 17.9 Å². The second kappa shape index (κ2) is 9.11. The van der Waals surface area contributed by atoms with Crippen molar-refractivity contribution in [2.75, 3.05) is 13.6 Å². The maximum absolute atomic E-state index is 13.8. The summed E-state index contributed by atoms with van der Waals surface area (Å²) in [4.78, 5) is 6.41. The van der Waals surface area contributed by atoms with Gasteiger partial charge in [-0.15, -0.1) is 0 Å². The Morgan fingerprint density at radius 2 is 1.77 bits per heavy atom. The molecule has 6 heteroatoms. The Morgan fingerprint density at radius 1 is 1.07 bits per heavy atom. The second-order valence-corrected chi connectivity index (χ2v) is 8.06. The molecule has 1 aliphatic carbocycles. The number of benzene rings is 2. The highest BCUT2D eigenvalue weighted by Gasteiger charge is 2.35. The van der Waals surface area contributed by atoms with Crippen molar-refractivity contribution in [1.29, 1.82) is 0 Å². The third kappa shape index (κ3) is 5.15. The van der Waals surface area contributed by atoms with E-state index < -0.39 is 11.7 Å². The molecular formula is C24H29F3N2O. The number of aliphatic imine (C=N–C) groups is 1. The van der Waals surface area contributed by atoms with E-state index in [1.165, 1.54) is 12.1 Å². The van der Waals surface area contributed by atoms with Crippen LogP contribution in [0, 0.1) is 13.8 Å². The lowest BCUT2D eigenvalue weighted by Crippen LogP contribution is -2.14. The number of halogens is 3. The zero-order valence-corrected chi connectivity index (χ0v) is 18.0. The van der Waals surface area contributed by atoms with Crippen LogP contribution in [-0.4, -0.2) is 24.8 Å². The second-order valence-electron chi connectivity index (χ2n) is 8.06. The van der Waals surface area contributed by atoms with Crippen LogP contribution in [0.5, 0.6) is 11.5 Å². The fraction of sp³-hybridized carbons (Fsp3) is 0.458. The average molecular weight is 419 g/mol. The topological polar surface area (TPSA) is 24.8 Å².